The molecule has 0 fully saturated rings. The standard InChI is InChI=1S/C17H13ClN2O/c18-13-5-6-14-12(9-13)10-15(19-14)17(21)20-8-7-11-3-1-2-4-16(11)20/h1-6,9-10,19H,7-8H2. The molecule has 2 aromatic carbocycles. The quantitative estimate of drug-likeness (QED) is 0.723. The second kappa shape index (κ2) is 4.64. The van der Waals surface area contributed by atoms with Gasteiger partial charge in [-0.1, -0.05) is 29.8 Å². The number of nitrogens with one attached hydrogen (secondary N) is 1. The number of benzene rings is 2. The number of fused-ring (bicyclic) bond motifs is 2. The lowest BCUT2D eigenvalue weighted by Crippen LogP contribution is -2.29. The largest absolute Gasteiger partial charge is 0.351 e. The molecular weight excluding hydrogens is 284 g/mol. The van der Waals surface area contributed by atoms with Crippen LogP contribution in [0.25, 0.3) is 10.9 Å². The van der Waals surface area contributed by atoms with E-state index >= 15 is 0 Å². The van der Waals surface area contributed by atoms with Crippen molar-refractivity contribution in [3.05, 3.63) is 64.8 Å². The first-order valence-corrected chi connectivity index (χ1v) is 7.28. The lowest BCUT2D eigenvalue weighted by atomic mass is 10.2. The highest BCUT2D eigenvalue weighted by Crippen LogP contribution is 2.29. The maximum absolute atomic E-state index is 12.7. The van der Waals surface area contributed by atoms with E-state index < -0.39 is 0 Å². The van der Waals surface area contributed by atoms with Gasteiger partial charge in [-0.15, -0.1) is 0 Å². The molecule has 0 unspecified atom stereocenters. The second-order valence-electron chi connectivity index (χ2n) is 5.25. The molecule has 0 aliphatic carbocycles. The fraction of sp³-hybridized carbons (Fsp3) is 0.118. The molecule has 0 bridgehead atoms. The molecule has 0 saturated carbocycles. The van der Waals surface area contributed by atoms with Crippen LogP contribution >= 0.6 is 11.6 Å². The zero-order valence-corrected chi connectivity index (χ0v) is 12.0. The van der Waals surface area contributed by atoms with E-state index in [2.05, 4.69) is 11.1 Å². The van der Waals surface area contributed by atoms with E-state index in [0.29, 0.717) is 10.7 Å². The molecule has 3 nitrogen and oxygen atoms in total. The normalized spacial score (nSPS) is 13.7. The van der Waals surface area contributed by atoms with E-state index in [1.165, 1.54) is 5.56 Å². The Bertz CT molecular complexity index is 853. The van der Waals surface area contributed by atoms with E-state index in [1.807, 2.05) is 47.4 Å². The minimum atomic E-state index is 0.00673. The lowest BCUT2D eigenvalue weighted by molar-refractivity contribution is 0.0985. The van der Waals surface area contributed by atoms with Crippen molar-refractivity contribution in [1.29, 1.82) is 0 Å². The van der Waals surface area contributed by atoms with Crippen LogP contribution in [0, 0.1) is 0 Å². The first-order valence-electron chi connectivity index (χ1n) is 6.90. The van der Waals surface area contributed by atoms with Crippen molar-refractivity contribution in [2.45, 2.75) is 6.42 Å². The molecule has 0 radical (unpaired) electrons. The monoisotopic (exact) mass is 296 g/mol. The predicted molar refractivity (Wildman–Crippen MR) is 85.1 cm³/mol. The van der Waals surface area contributed by atoms with Crippen LogP contribution in [-0.4, -0.2) is 17.4 Å². The molecule has 1 aliphatic heterocycles. The summed E-state index contributed by atoms with van der Waals surface area (Å²) in [5.74, 6) is 0.00673. The number of aromatic amines is 1. The smallest absolute Gasteiger partial charge is 0.274 e. The Morgan fingerprint density at radius 3 is 2.90 bits per heavy atom. The van der Waals surface area contributed by atoms with Gasteiger partial charge in [0.2, 0.25) is 0 Å². The number of anilines is 1. The highest BCUT2D eigenvalue weighted by molar-refractivity contribution is 6.31. The van der Waals surface area contributed by atoms with Gasteiger partial charge in [0.25, 0.3) is 5.91 Å². The van der Waals surface area contributed by atoms with Gasteiger partial charge in [-0.2, -0.15) is 0 Å². The lowest BCUT2D eigenvalue weighted by Gasteiger charge is -2.16. The third-order valence-corrected chi connectivity index (χ3v) is 4.18. The number of H-pyrrole nitrogens is 1. The maximum Gasteiger partial charge on any atom is 0.274 e. The minimum absolute atomic E-state index is 0.00673. The predicted octanol–water partition coefficient (Wildman–Crippen LogP) is 4.02. The van der Waals surface area contributed by atoms with Gasteiger partial charge in [-0.3, -0.25) is 4.79 Å². The van der Waals surface area contributed by atoms with Gasteiger partial charge in [-0.25, -0.2) is 0 Å². The first-order chi connectivity index (χ1) is 10.2. The van der Waals surface area contributed by atoms with Gasteiger partial charge < -0.3 is 9.88 Å². The van der Waals surface area contributed by atoms with E-state index in [4.69, 9.17) is 11.6 Å². The average Bonchev–Trinajstić information content (AvgIpc) is 3.09. The molecule has 1 N–H and O–H groups in total. The summed E-state index contributed by atoms with van der Waals surface area (Å²) in [6.45, 7) is 0.730. The Kier molecular flexibility index (Phi) is 2.76. The molecule has 2 heterocycles. The van der Waals surface area contributed by atoms with Crippen LogP contribution in [0.15, 0.2) is 48.5 Å². The number of aromatic nitrogens is 1. The van der Waals surface area contributed by atoms with Crippen molar-refractivity contribution < 1.29 is 4.79 Å². The summed E-state index contributed by atoms with van der Waals surface area (Å²) in [7, 11) is 0. The minimum Gasteiger partial charge on any atom is -0.351 e. The molecule has 21 heavy (non-hydrogen) atoms. The van der Waals surface area contributed by atoms with Crippen LogP contribution in [0.1, 0.15) is 16.1 Å². The maximum atomic E-state index is 12.7. The molecule has 4 rings (SSSR count). The average molecular weight is 297 g/mol. The third-order valence-electron chi connectivity index (χ3n) is 3.95. The molecule has 1 amide bonds. The summed E-state index contributed by atoms with van der Waals surface area (Å²) in [6.07, 6.45) is 0.911. The fourth-order valence-corrected chi connectivity index (χ4v) is 3.09. The van der Waals surface area contributed by atoms with Gasteiger partial charge in [0.15, 0.2) is 0 Å². The van der Waals surface area contributed by atoms with E-state index in [1.54, 1.807) is 0 Å². The van der Waals surface area contributed by atoms with Crippen molar-refractivity contribution in [3.8, 4) is 0 Å². The van der Waals surface area contributed by atoms with Crippen molar-refractivity contribution in [2.24, 2.45) is 0 Å². The summed E-state index contributed by atoms with van der Waals surface area (Å²) in [4.78, 5) is 17.7. The number of amides is 1. The molecule has 0 spiro atoms. The molecule has 104 valence electrons. The van der Waals surface area contributed by atoms with Crippen molar-refractivity contribution in [1.82, 2.24) is 4.98 Å². The number of hydrogen-bond donors (Lipinski definition) is 1. The number of rotatable bonds is 1. The van der Waals surface area contributed by atoms with E-state index in [0.717, 1.165) is 29.6 Å². The van der Waals surface area contributed by atoms with Crippen LogP contribution < -0.4 is 4.90 Å². The van der Waals surface area contributed by atoms with Crippen LogP contribution in [0.2, 0.25) is 5.02 Å². The molecule has 0 atom stereocenters. The number of hydrogen-bond acceptors (Lipinski definition) is 1. The highest BCUT2D eigenvalue weighted by atomic mass is 35.5. The zero-order chi connectivity index (χ0) is 14.4. The summed E-state index contributed by atoms with van der Waals surface area (Å²) < 4.78 is 0. The third kappa shape index (κ3) is 2.01. The Morgan fingerprint density at radius 1 is 1.14 bits per heavy atom. The Morgan fingerprint density at radius 2 is 2.00 bits per heavy atom. The first kappa shape index (κ1) is 12.5. The number of nitrogens with zero attached hydrogens (tertiary/aromatic N) is 1. The second-order valence-corrected chi connectivity index (χ2v) is 5.69. The summed E-state index contributed by atoms with van der Waals surface area (Å²) in [6, 6.07) is 15.5. The summed E-state index contributed by atoms with van der Waals surface area (Å²) in [5, 5.41) is 1.63. The molecule has 4 heteroatoms. The van der Waals surface area contributed by atoms with Crippen LogP contribution in [0.4, 0.5) is 5.69 Å². The highest BCUT2D eigenvalue weighted by Gasteiger charge is 2.26. The van der Waals surface area contributed by atoms with Gasteiger partial charge in [0.05, 0.1) is 0 Å². The van der Waals surface area contributed by atoms with Crippen LogP contribution in [0.3, 0.4) is 0 Å². The van der Waals surface area contributed by atoms with Gasteiger partial charge in [0.1, 0.15) is 5.69 Å². The fourth-order valence-electron chi connectivity index (χ4n) is 2.91. The number of halogens is 1. The Hall–Kier alpha value is -2.26. The molecule has 0 saturated heterocycles. The summed E-state index contributed by atoms with van der Waals surface area (Å²) >= 11 is 5.99. The zero-order valence-electron chi connectivity index (χ0n) is 11.3. The molecule has 1 aromatic heterocycles. The van der Waals surface area contributed by atoms with E-state index in [-0.39, 0.29) is 5.91 Å². The number of carbonyl (C=O) groups is 1. The van der Waals surface area contributed by atoms with Crippen molar-refractivity contribution in [2.75, 3.05) is 11.4 Å². The topological polar surface area (TPSA) is 36.1 Å². The van der Waals surface area contributed by atoms with E-state index in [9.17, 15) is 4.79 Å². The molecule has 3 aromatic rings. The Labute approximate surface area is 127 Å². The van der Waals surface area contributed by atoms with Gasteiger partial charge in [-0.05, 0) is 42.3 Å². The Balaban J connectivity index is 1.74. The number of para-hydroxylation sites is 1. The van der Waals surface area contributed by atoms with Crippen LogP contribution in [-0.2, 0) is 6.42 Å². The van der Waals surface area contributed by atoms with Gasteiger partial charge >= 0.3 is 0 Å². The number of carbonyl (C=O) groups excluding carboxylic acids is 1. The molecule has 1 aliphatic rings. The SMILES string of the molecule is O=C(c1cc2cc(Cl)ccc2[nH]1)N1CCc2ccccc21. The van der Waals surface area contributed by atoms with Crippen LogP contribution in [0.5, 0.6) is 0 Å². The molecular formula is C17H13ClN2O. The summed E-state index contributed by atoms with van der Waals surface area (Å²) in [5.41, 5.74) is 3.77. The van der Waals surface area contributed by atoms with Gasteiger partial charge in [0, 0.05) is 28.2 Å². The van der Waals surface area contributed by atoms with Crippen molar-refractivity contribution >= 4 is 34.1 Å². The van der Waals surface area contributed by atoms with Crippen molar-refractivity contribution in [3.63, 3.8) is 0 Å².